The Morgan fingerprint density at radius 3 is 1.65 bits per heavy atom. The monoisotopic (exact) mass is 705 g/mol. The summed E-state index contributed by atoms with van der Waals surface area (Å²) in [5.41, 5.74) is 2.02. The number of benzene rings is 3. The zero-order valence-corrected chi connectivity index (χ0v) is 27.9. The molecule has 3 aromatic rings. The summed E-state index contributed by atoms with van der Waals surface area (Å²) < 4.78 is 15.4. The van der Waals surface area contributed by atoms with Crippen LogP contribution in [0.4, 0.5) is 9.59 Å². The van der Waals surface area contributed by atoms with Crippen molar-refractivity contribution >= 4 is 41.8 Å². The highest BCUT2D eigenvalue weighted by atomic mass is 16.6. The van der Waals surface area contributed by atoms with Crippen LogP contribution in [-0.2, 0) is 53.1 Å². The van der Waals surface area contributed by atoms with E-state index in [9.17, 15) is 38.7 Å². The lowest BCUT2D eigenvalue weighted by Crippen LogP contribution is -2.49. The number of carboxylic acids is 1. The number of hydrogen-bond acceptors (Lipinski definition) is 10. The summed E-state index contributed by atoms with van der Waals surface area (Å²) in [6.07, 6.45) is -1.76. The van der Waals surface area contributed by atoms with Gasteiger partial charge in [0.15, 0.2) is 0 Å². The lowest BCUT2D eigenvalue weighted by atomic mass is 10.1. The maximum absolute atomic E-state index is 12.4. The average molecular weight is 706 g/mol. The van der Waals surface area contributed by atoms with Crippen molar-refractivity contribution in [2.45, 2.75) is 51.6 Å². The molecule has 3 aromatic carbocycles. The minimum absolute atomic E-state index is 0.00739. The lowest BCUT2D eigenvalue weighted by Gasteiger charge is -2.16. The third-order valence-electron chi connectivity index (χ3n) is 6.93. The standard InChI is InChI=1S/C35H39N5O11/c1-22(38-34(47)49-20-25-9-5-3-6-10-25)31(43)37-18-29(41)36-19-30(42)40-28(32(44)45)17-24-13-15-27(16-14-24)51-33(46)23(2)39-35(48)50-21-26-11-7-4-8-12-26/h3-16,22-23,28H,17-21H2,1-2H3,(H,36,41)(H,37,43)(H,38,47)(H,39,48)(H,40,42)(H,44,45)/t22-,23-,28-/m0/s1. The highest BCUT2D eigenvalue weighted by Crippen LogP contribution is 2.15. The lowest BCUT2D eigenvalue weighted by molar-refractivity contribution is -0.141. The molecule has 6 N–H and O–H groups in total. The van der Waals surface area contributed by atoms with Crippen molar-refractivity contribution in [3.8, 4) is 5.75 Å². The van der Waals surface area contributed by atoms with Gasteiger partial charge < -0.3 is 45.9 Å². The Balaban J connectivity index is 1.35. The number of hydrogen-bond donors (Lipinski definition) is 6. The van der Waals surface area contributed by atoms with Gasteiger partial charge in [0.25, 0.3) is 0 Å². The Bertz CT molecular complexity index is 1650. The zero-order valence-electron chi connectivity index (χ0n) is 27.9. The molecule has 0 aliphatic rings. The molecule has 0 aliphatic carbocycles. The molecule has 5 amide bonds. The van der Waals surface area contributed by atoms with Gasteiger partial charge in [-0.25, -0.2) is 19.2 Å². The Kier molecular flexibility index (Phi) is 15.4. The second kappa shape index (κ2) is 20.2. The van der Waals surface area contributed by atoms with Gasteiger partial charge >= 0.3 is 24.1 Å². The SMILES string of the molecule is C[C@H](NC(=O)OCc1ccccc1)C(=O)NCC(=O)NCC(=O)N[C@@H](Cc1ccc(OC(=O)[C@H](C)NC(=O)OCc2ccccc2)cc1)C(=O)O. The van der Waals surface area contributed by atoms with Crippen molar-refractivity contribution in [3.63, 3.8) is 0 Å². The van der Waals surface area contributed by atoms with Crippen molar-refractivity contribution in [1.82, 2.24) is 26.6 Å². The number of amides is 5. The number of carbonyl (C=O) groups is 7. The quantitative estimate of drug-likeness (QED) is 0.0873. The van der Waals surface area contributed by atoms with Crippen LogP contribution in [0.3, 0.4) is 0 Å². The summed E-state index contributed by atoms with van der Waals surface area (Å²) >= 11 is 0. The third-order valence-corrected chi connectivity index (χ3v) is 6.93. The Morgan fingerprint density at radius 2 is 1.12 bits per heavy atom. The van der Waals surface area contributed by atoms with Crippen LogP contribution < -0.4 is 31.3 Å². The number of aliphatic carboxylic acids is 1. The maximum atomic E-state index is 12.4. The van der Waals surface area contributed by atoms with E-state index < -0.39 is 73.1 Å². The molecule has 51 heavy (non-hydrogen) atoms. The fraction of sp³-hybridized carbons (Fsp3) is 0.286. The minimum Gasteiger partial charge on any atom is -0.480 e. The number of ether oxygens (including phenoxy) is 3. The van der Waals surface area contributed by atoms with Crippen LogP contribution >= 0.6 is 0 Å². The van der Waals surface area contributed by atoms with Gasteiger partial charge in [0.2, 0.25) is 17.7 Å². The molecule has 0 unspecified atom stereocenters. The first kappa shape index (κ1) is 39.0. The van der Waals surface area contributed by atoms with Crippen LogP contribution in [0.1, 0.15) is 30.5 Å². The Morgan fingerprint density at radius 1 is 0.608 bits per heavy atom. The van der Waals surface area contributed by atoms with Crippen molar-refractivity contribution in [2.24, 2.45) is 0 Å². The van der Waals surface area contributed by atoms with Crippen LogP contribution in [0.25, 0.3) is 0 Å². The van der Waals surface area contributed by atoms with E-state index in [-0.39, 0.29) is 25.4 Å². The van der Waals surface area contributed by atoms with E-state index in [0.29, 0.717) is 5.56 Å². The Hall–Kier alpha value is -6.45. The molecule has 0 aliphatic heterocycles. The predicted octanol–water partition coefficient (Wildman–Crippen LogP) is 1.57. The molecule has 16 heteroatoms. The number of carboxylic acid groups (broad SMARTS) is 1. The molecule has 270 valence electrons. The van der Waals surface area contributed by atoms with E-state index in [1.54, 1.807) is 48.5 Å². The topological polar surface area (TPSA) is 228 Å². The van der Waals surface area contributed by atoms with Crippen molar-refractivity contribution < 1.29 is 52.9 Å². The van der Waals surface area contributed by atoms with E-state index >= 15 is 0 Å². The second-order valence-electron chi connectivity index (χ2n) is 11.1. The number of carbonyl (C=O) groups excluding carboxylic acids is 6. The second-order valence-corrected chi connectivity index (χ2v) is 11.1. The summed E-state index contributed by atoms with van der Waals surface area (Å²) in [6, 6.07) is 20.4. The minimum atomic E-state index is -1.36. The summed E-state index contributed by atoms with van der Waals surface area (Å²) in [5.74, 6) is -4.17. The van der Waals surface area contributed by atoms with Gasteiger partial charge in [-0.2, -0.15) is 0 Å². The van der Waals surface area contributed by atoms with Crippen molar-refractivity contribution in [1.29, 1.82) is 0 Å². The molecular formula is C35H39N5O11. The van der Waals surface area contributed by atoms with Crippen LogP contribution in [-0.4, -0.2) is 78.2 Å². The first-order valence-electron chi connectivity index (χ1n) is 15.7. The number of esters is 1. The summed E-state index contributed by atoms with van der Waals surface area (Å²) in [5, 5.41) is 21.2. The molecular weight excluding hydrogens is 666 g/mol. The molecule has 0 fully saturated rings. The van der Waals surface area contributed by atoms with Gasteiger partial charge in [-0.3, -0.25) is 14.4 Å². The molecule has 0 spiro atoms. The third kappa shape index (κ3) is 14.7. The van der Waals surface area contributed by atoms with Crippen molar-refractivity contribution in [3.05, 3.63) is 102 Å². The number of rotatable bonds is 17. The normalized spacial score (nSPS) is 12.1. The molecule has 0 saturated heterocycles. The van der Waals surface area contributed by atoms with E-state index in [0.717, 1.165) is 11.1 Å². The van der Waals surface area contributed by atoms with Crippen LogP contribution in [0.15, 0.2) is 84.9 Å². The molecule has 0 bridgehead atoms. The summed E-state index contributed by atoms with van der Waals surface area (Å²) in [4.78, 5) is 85.0. The highest BCUT2D eigenvalue weighted by Gasteiger charge is 2.22. The Labute approximate surface area is 293 Å². The zero-order chi connectivity index (χ0) is 37.2. The fourth-order valence-electron chi connectivity index (χ4n) is 4.15. The van der Waals surface area contributed by atoms with Gasteiger partial charge in [0.1, 0.15) is 37.1 Å². The van der Waals surface area contributed by atoms with E-state index in [1.165, 1.54) is 38.1 Å². The molecule has 0 heterocycles. The van der Waals surface area contributed by atoms with Gasteiger partial charge in [-0.05, 0) is 42.7 Å². The molecule has 0 aromatic heterocycles. The molecule has 0 saturated carbocycles. The van der Waals surface area contributed by atoms with Crippen molar-refractivity contribution in [2.75, 3.05) is 13.1 Å². The first-order chi connectivity index (χ1) is 24.4. The molecule has 3 rings (SSSR count). The smallest absolute Gasteiger partial charge is 0.408 e. The largest absolute Gasteiger partial charge is 0.480 e. The van der Waals surface area contributed by atoms with Gasteiger partial charge in [0, 0.05) is 6.42 Å². The van der Waals surface area contributed by atoms with E-state index in [1.807, 2.05) is 12.1 Å². The van der Waals surface area contributed by atoms with Gasteiger partial charge in [0.05, 0.1) is 13.1 Å². The number of alkyl carbamates (subject to hydrolysis) is 2. The van der Waals surface area contributed by atoms with Crippen LogP contribution in [0, 0.1) is 0 Å². The van der Waals surface area contributed by atoms with E-state index in [4.69, 9.17) is 14.2 Å². The van der Waals surface area contributed by atoms with Gasteiger partial charge in [-0.15, -0.1) is 0 Å². The van der Waals surface area contributed by atoms with Crippen LogP contribution in [0.5, 0.6) is 5.75 Å². The first-order valence-corrected chi connectivity index (χ1v) is 15.7. The number of nitrogens with one attached hydrogen (secondary N) is 5. The van der Waals surface area contributed by atoms with Gasteiger partial charge in [-0.1, -0.05) is 72.8 Å². The summed E-state index contributed by atoms with van der Waals surface area (Å²) in [7, 11) is 0. The molecule has 3 atom stereocenters. The average Bonchev–Trinajstić information content (AvgIpc) is 3.12. The van der Waals surface area contributed by atoms with Crippen LogP contribution in [0.2, 0.25) is 0 Å². The molecule has 0 radical (unpaired) electrons. The van der Waals surface area contributed by atoms with E-state index in [2.05, 4.69) is 26.6 Å². The fourth-order valence-corrected chi connectivity index (χ4v) is 4.15. The summed E-state index contributed by atoms with van der Waals surface area (Å²) in [6.45, 7) is 1.77. The highest BCUT2D eigenvalue weighted by molar-refractivity contribution is 5.91. The maximum Gasteiger partial charge on any atom is 0.408 e. The molecule has 16 nitrogen and oxygen atoms in total. The predicted molar refractivity (Wildman–Crippen MR) is 180 cm³/mol.